The highest BCUT2D eigenvalue weighted by atomic mass is 35.5. The van der Waals surface area contributed by atoms with Crippen molar-refractivity contribution >= 4 is 17.5 Å². The lowest BCUT2D eigenvalue weighted by Crippen LogP contribution is -2.46. The predicted octanol–water partition coefficient (Wildman–Crippen LogP) is 1.11. The van der Waals surface area contributed by atoms with Gasteiger partial charge >= 0.3 is 0 Å². The highest BCUT2D eigenvalue weighted by Gasteiger charge is 2.27. The quantitative estimate of drug-likeness (QED) is 0.856. The van der Waals surface area contributed by atoms with Gasteiger partial charge in [-0.05, 0) is 18.9 Å². The first-order valence-corrected chi connectivity index (χ1v) is 7.70. The molecule has 2 fully saturated rings. The molecule has 2 N–H and O–H groups in total. The summed E-state index contributed by atoms with van der Waals surface area (Å²) in [7, 11) is 0. The molecule has 0 aromatic carbocycles. The van der Waals surface area contributed by atoms with Gasteiger partial charge in [-0.15, -0.1) is 0 Å². The molecular weight excluding hydrogens is 276 g/mol. The highest BCUT2D eigenvalue weighted by Crippen LogP contribution is 2.37. The first-order chi connectivity index (χ1) is 9.74. The van der Waals surface area contributed by atoms with Crippen LogP contribution in [0.5, 0.6) is 0 Å². The third-order valence-corrected chi connectivity index (χ3v) is 4.12. The molecule has 5 nitrogen and oxygen atoms in total. The van der Waals surface area contributed by atoms with Crippen molar-refractivity contribution in [3.05, 3.63) is 23.0 Å². The van der Waals surface area contributed by atoms with Crippen LogP contribution in [0.2, 0.25) is 5.02 Å². The maximum absolute atomic E-state index is 12.2. The summed E-state index contributed by atoms with van der Waals surface area (Å²) in [5.74, 6) is -0.0149. The lowest BCUT2D eigenvalue weighted by atomic mass is 10.3. The minimum absolute atomic E-state index is 0.0149. The van der Waals surface area contributed by atoms with Gasteiger partial charge in [0.15, 0.2) is 0 Å². The van der Waals surface area contributed by atoms with E-state index < -0.39 is 0 Å². The Morgan fingerprint density at radius 2 is 2.15 bits per heavy atom. The van der Waals surface area contributed by atoms with E-state index in [1.165, 1.54) is 0 Å². The number of carbonyl (C=O) groups excluding carboxylic acids is 1. The van der Waals surface area contributed by atoms with E-state index >= 15 is 0 Å². The van der Waals surface area contributed by atoms with Crippen molar-refractivity contribution in [2.75, 3.05) is 39.3 Å². The Morgan fingerprint density at radius 3 is 2.85 bits per heavy atom. The number of rotatable bonds is 5. The number of hydrogen-bond acceptors (Lipinski definition) is 3. The van der Waals surface area contributed by atoms with Gasteiger partial charge in [-0.1, -0.05) is 11.6 Å². The molecule has 1 aliphatic heterocycles. The van der Waals surface area contributed by atoms with Crippen LogP contribution < -0.4 is 10.6 Å². The molecule has 0 bridgehead atoms. The first kappa shape index (κ1) is 13.9. The predicted molar refractivity (Wildman–Crippen MR) is 79.4 cm³/mol. The van der Waals surface area contributed by atoms with Crippen LogP contribution in [0.3, 0.4) is 0 Å². The van der Waals surface area contributed by atoms with E-state index in [-0.39, 0.29) is 5.91 Å². The molecule has 0 spiro atoms. The summed E-state index contributed by atoms with van der Waals surface area (Å²) >= 11 is 6.02. The number of nitrogens with one attached hydrogen (secondary N) is 2. The number of nitrogens with zero attached hydrogens (tertiary/aromatic N) is 2. The summed E-state index contributed by atoms with van der Waals surface area (Å²) in [4.78, 5) is 14.6. The molecule has 2 heterocycles. The molecule has 2 aliphatic rings. The number of carbonyl (C=O) groups is 1. The van der Waals surface area contributed by atoms with Crippen LogP contribution in [-0.4, -0.2) is 54.6 Å². The van der Waals surface area contributed by atoms with Crippen LogP contribution in [-0.2, 0) is 0 Å². The minimum Gasteiger partial charge on any atom is -0.349 e. The fourth-order valence-electron chi connectivity index (χ4n) is 2.64. The zero-order valence-corrected chi connectivity index (χ0v) is 12.3. The summed E-state index contributed by atoms with van der Waals surface area (Å²) in [6.45, 7) is 5.78. The zero-order chi connectivity index (χ0) is 13.9. The number of piperazine rings is 1. The lowest BCUT2D eigenvalue weighted by Gasteiger charge is -2.27. The van der Waals surface area contributed by atoms with Crippen LogP contribution in [0, 0.1) is 0 Å². The second-order valence-corrected chi connectivity index (χ2v) is 5.97. The number of halogens is 1. The van der Waals surface area contributed by atoms with Gasteiger partial charge in [-0.3, -0.25) is 9.69 Å². The summed E-state index contributed by atoms with van der Waals surface area (Å²) in [5.41, 5.74) is 0.692. The monoisotopic (exact) mass is 296 g/mol. The Labute approximate surface area is 124 Å². The third-order valence-electron chi connectivity index (χ3n) is 3.91. The van der Waals surface area contributed by atoms with E-state index in [0.717, 1.165) is 45.6 Å². The fourth-order valence-corrected chi connectivity index (χ4v) is 2.84. The second-order valence-electron chi connectivity index (χ2n) is 5.53. The number of hydrogen-bond donors (Lipinski definition) is 2. The molecular formula is C14H21ClN4O. The smallest absolute Gasteiger partial charge is 0.268 e. The summed E-state index contributed by atoms with van der Waals surface area (Å²) < 4.78 is 2.02. The number of amides is 1. The van der Waals surface area contributed by atoms with Crippen LogP contribution in [0.15, 0.2) is 12.3 Å². The second kappa shape index (κ2) is 6.16. The normalized spacial score (nSPS) is 20.1. The molecule has 1 saturated heterocycles. The van der Waals surface area contributed by atoms with Gasteiger partial charge in [0.05, 0.1) is 5.02 Å². The Balaban J connectivity index is 1.51. The van der Waals surface area contributed by atoms with Crippen LogP contribution in [0.1, 0.15) is 29.4 Å². The van der Waals surface area contributed by atoms with Gasteiger partial charge in [0.25, 0.3) is 5.91 Å². The van der Waals surface area contributed by atoms with E-state index in [9.17, 15) is 4.79 Å². The van der Waals surface area contributed by atoms with E-state index in [4.69, 9.17) is 11.6 Å². The molecule has 0 atom stereocenters. The molecule has 1 amide bonds. The first-order valence-electron chi connectivity index (χ1n) is 7.32. The third kappa shape index (κ3) is 3.34. The van der Waals surface area contributed by atoms with Crippen molar-refractivity contribution in [2.45, 2.75) is 18.9 Å². The summed E-state index contributed by atoms with van der Waals surface area (Å²) in [5, 5.41) is 6.97. The van der Waals surface area contributed by atoms with Gasteiger partial charge in [0, 0.05) is 51.5 Å². The molecule has 110 valence electrons. The topological polar surface area (TPSA) is 49.3 Å². The molecule has 1 aromatic rings. The van der Waals surface area contributed by atoms with E-state index in [1.807, 2.05) is 10.8 Å². The average molecular weight is 297 g/mol. The van der Waals surface area contributed by atoms with Crippen molar-refractivity contribution in [3.8, 4) is 0 Å². The molecule has 0 unspecified atom stereocenters. The van der Waals surface area contributed by atoms with E-state index in [0.29, 0.717) is 23.3 Å². The molecule has 3 rings (SSSR count). The Bertz CT molecular complexity index is 478. The van der Waals surface area contributed by atoms with E-state index in [2.05, 4.69) is 15.5 Å². The minimum atomic E-state index is -0.0149. The van der Waals surface area contributed by atoms with Crippen LogP contribution in [0.25, 0.3) is 0 Å². The molecule has 6 heteroatoms. The van der Waals surface area contributed by atoms with Gasteiger partial charge in [0.1, 0.15) is 5.69 Å². The highest BCUT2D eigenvalue weighted by molar-refractivity contribution is 6.31. The lowest BCUT2D eigenvalue weighted by molar-refractivity contribution is 0.0938. The van der Waals surface area contributed by atoms with Crippen molar-refractivity contribution in [3.63, 3.8) is 0 Å². The Kier molecular flexibility index (Phi) is 4.29. The summed E-state index contributed by atoms with van der Waals surface area (Å²) in [6, 6.07) is 2.23. The van der Waals surface area contributed by atoms with Crippen molar-refractivity contribution in [1.29, 1.82) is 0 Å². The van der Waals surface area contributed by atoms with Crippen molar-refractivity contribution in [1.82, 2.24) is 20.1 Å². The average Bonchev–Trinajstić information content (AvgIpc) is 3.22. The number of aromatic nitrogens is 1. The van der Waals surface area contributed by atoms with Gasteiger partial charge in [-0.2, -0.15) is 0 Å². The maximum atomic E-state index is 12.2. The fraction of sp³-hybridized carbons (Fsp3) is 0.643. The summed E-state index contributed by atoms with van der Waals surface area (Å²) in [6.07, 6.45) is 4.16. The molecule has 1 aromatic heterocycles. The van der Waals surface area contributed by atoms with Crippen LogP contribution in [0.4, 0.5) is 0 Å². The molecule has 1 saturated carbocycles. The molecule has 1 aliphatic carbocycles. The zero-order valence-electron chi connectivity index (χ0n) is 11.6. The standard InChI is InChI=1S/C14H21ClN4O/c15-11-9-13(19(10-11)12-1-2-12)14(20)17-5-8-18-6-3-16-4-7-18/h9-10,12,16H,1-8H2,(H,17,20). The molecule has 0 radical (unpaired) electrons. The van der Waals surface area contributed by atoms with Gasteiger partial charge in [0.2, 0.25) is 0 Å². The largest absolute Gasteiger partial charge is 0.349 e. The van der Waals surface area contributed by atoms with Gasteiger partial charge < -0.3 is 15.2 Å². The van der Waals surface area contributed by atoms with E-state index in [1.54, 1.807) is 6.07 Å². The SMILES string of the molecule is O=C(NCCN1CCNCC1)c1cc(Cl)cn1C1CC1. The van der Waals surface area contributed by atoms with Crippen LogP contribution >= 0.6 is 11.6 Å². The van der Waals surface area contributed by atoms with Crippen molar-refractivity contribution in [2.24, 2.45) is 0 Å². The van der Waals surface area contributed by atoms with Gasteiger partial charge in [-0.25, -0.2) is 0 Å². The Morgan fingerprint density at radius 1 is 1.40 bits per heavy atom. The Hall–Kier alpha value is -1.04. The molecule has 20 heavy (non-hydrogen) atoms. The maximum Gasteiger partial charge on any atom is 0.268 e. The van der Waals surface area contributed by atoms with Crippen molar-refractivity contribution < 1.29 is 4.79 Å².